The van der Waals surface area contributed by atoms with Crippen LogP contribution in [0.15, 0.2) is 0 Å². The van der Waals surface area contributed by atoms with Crippen molar-refractivity contribution in [3.05, 3.63) is 0 Å². The first-order valence-electron chi connectivity index (χ1n) is 7.60. The van der Waals surface area contributed by atoms with Gasteiger partial charge in [0.25, 0.3) is 0 Å². The molecule has 0 unspecified atom stereocenters. The lowest BCUT2D eigenvalue weighted by Crippen LogP contribution is -2.41. The highest BCUT2D eigenvalue weighted by molar-refractivity contribution is 7.91. The molecule has 1 amide bonds. The van der Waals surface area contributed by atoms with Gasteiger partial charge in [-0.25, -0.2) is 8.42 Å². The van der Waals surface area contributed by atoms with Gasteiger partial charge < -0.3 is 11.1 Å². The number of carbonyl (C=O) groups is 1. The zero-order valence-corrected chi connectivity index (χ0v) is 14.2. The van der Waals surface area contributed by atoms with Crippen LogP contribution in [0.2, 0.25) is 0 Å². The molecule has 21 heavy (non-hydrogen) atoms. The molecule has 0 aromatic heterocycles. The molecular formula is C14H27ClN2O3S. The Balaban J connectivity index is 0.00000220. The molecule has 2 saturated carbocycles. The Morgan fingerprint density at radius 2 is 1.76 bits per heavy atom. The summed E-state index contributed by atoms with van der Waals surface area (Å²) in [6.45, 7) is 0. The van der Waals surface area contributed by atoms with Crippen molar-refractivity contribution in [2.24, 2.45) is 11.7 Å². The van der Waals surface area contributed by atoms with E-state index in [0.717, 1.165) is 32.1 Å². The average Bonchev–Trinajstić information content (AvgIpc) is 2.74. The van der Waals surface area contributed by atoms with Crippen molar-refractivity contribution in [2.45, 2.75) is 68.7 Å². The average molecular weight is 339 g/mol. The molecule has 2 rings (SSSR count). The zero-order chi connectivity index (χ0) is 14.8. The van der Waals surface area contributed by atoms with E-state index < -0.39 is 9.84 Å². The van der Waals surface area contributed by atoms with Gasteiger partial charge in [0.2, 0.25) is 5.91 Å². The molecule has 0 aliphatic heterocycles. The third-order valence-corrected chi connectivity index (χ3v) is 6.49. The molecule has 2 aliphatic rings. The first kappa shape index (κ1) is 18.7. The van der Waals surface area contributed by atoms with Gasteiger partial charge in [-0.05, 0) is 44.4 Å². The van der Waals surface area contributed by atoms with Gasteiger partial charge in [-0.1, -0.05) is 6.42 Å². The van der Waals surface area contributed by atoms with E-state index in [0.29, 0.717) is 25.2 Å². The molecule has 2 fully saturated rings. The van der Waals surface area contributed by atoms with Crippen molar-refractivity contribution < 1.29 is 13.2 Å². The summed E-state index contributed by atoms with van der Waals surface area (Å²) in [5, 5.41) is 2.83. The summed E-state index contributed by atoms with van der Waals surface area (Å²) in [5.74, 6) is 0.400. The topological polar surface area (TPSA) is 89.3 Å². The lowest BCUT2D eigenvalue weighted by atomic mass is 9.94. The Kier molecular flexibility index (Phi) is 6.94. The van der Waals surface area contributed by atoms with Gasteiger partial charge in [-0.15, -0.1) is 12.4 Å². The smallest absolute Gasteiger partial charge is 0.220 e. The molecule has 0 saturated heterocycles. The Labute approximate surface area is 133 Å². The summed E-state index contributed by atoms with van der Waals surface area (Å²) in [5.41, 5.74) is 5.98. The second-order valence-corrected chi connectivity index (χ2v) is 8.76. The molecule has 0 aromatic carbocycles. The highest BCUT2D eigenvalue weighted by Gasteiger charge is 2.30. The Morgan fingerprint density at radius 1 is 1.14 bits per heavy atom. The maximum Gasteiger partial charge on any atom is 0.220 e. The maximum atomic E-state index is 12.0. The second kappa shape index (κ2) is 7.79. The van der Waals surface area contributed by atoms with Gasteiger partial charge in [-0.3, -0.25) is 4.79 Å². The van der Waals surface area contributed by atoms with Crippen LogP contribution in [-0.4, -0.2) is 37.9 Å². The van der Waals surface area contributed by atoms with Gasteiger partial charge >= 0.3 is 0 Å². The van der Waals surface area contributed by atoms with Gasteiger partial charge in [0, 0.05) is 24.8 Å². The maximum absolute atomic E-state index is 12.0. The molecule has 124 valence electrons. The highest BCUT2D eigenvalue weighted by Crippen LogP contribution is 2.27. The molecule has 0 spiro atoms. The Bertz CT molecular complexity index is 447. The van der Waals surface area contributed by atoms with Crippen molar-refractivity contribution in [1.29, 1.82) is 0 Å². The number of nitrogens with two attached hydrogens (primary N) is 1. The Hall–Kier alpha value is -0.330. The molecule has 2 atom stereocenters. The SMILES string of the molecule is CS(=O)(=O)C1CCC(NC(=O)C[C@@H]2CCC[C@H]2N)CC1.Cl. The standard InChI is InChI=1S/C14H26N2O3S.ClH/c1-20(18,19)12-7-5-11(6-8-12)16-14(17)9-10-3-2-4-13(10)15;/h10-13H,2-9,15H2,1H3,(H,16,17);1H/t10-,11?,12?,13+;/m0./s1. The van der Waals surface area contributed by atoms with Gasteiger partial charge in [-0.2, -0.15) is 0 Å². The minimum Gasteiger partial charge on any atom is -0.353 e. The van der Waals surface area contributed by atoms with Crippen LogP contribution in [0.5, 0.6) is 0 Å². The predicted molar refractivity (Wildman–Crippen MR) is 86.2 cm³/mol. The van der Waals surface area contributed by atoms with Crippen LogP contribution in [0, 0.1) is 5.92 Å². The largest absolute Gasteiger partial charge is 0.353 e. The van der Waals surface area contributed by atoms with Crippen molar-refractivity contribution in [3.63, 3.8) is 0 Å². The van der Waals surface area contributed by atoms with E-state index in [-0.39, 0.29) is 35.6 Å². The Morgan fingerprint density at radius 3 is 2.24 bits per heavy atom. The van der Waals surface area contributed by atoms with E-state index >= 15 is 0 Å². The predicted octanol–water partition coefficient (Wildman–Crippen LogP) is 1.40. The lowest BCUT2D eigenvalue weighted by molar-refractivity contribution is -0.123. The van der Waals surface area contributed by atoms with E-state index in [1.54, 1.807) is 0 Å². The minimum absolute atomic E-state index is 0. The summed E-state index contributed by atoms with van der Waals surface area (Å²) >= 11 is 0. The van der Waals surface area contributed by atoms with Crippen LogP contribution < -0.4 is 11.1 Å². The fourth-order valence-corrected chi connectivity index (χ4v) is 4.61. The number of halogens is 1. The molecule has 0 aromatic rings. The summed E-state index contributed by atoms with van der Waals surface area (Å²) in [6.07, 6.45) is 7.87. The monoisotopic (exact) mass is 338 g/mol. The van der Waals surface area contributed by atoms with Crippen LogP contribution in [-0.2, 0) is 14.6 Å². The van der Waals surface area contributed by atoms with Crippen molar-refractivity contribution in [1.82, 2.24) is 5.32 Å². The van der Waals surface area contributed by atoms with Crippen LogP contribution >= 0.6 is 12.4 Å². The third-order valence-electron chi connectivity index (χ3n) is 4.81. The highest BCUT2D eigenvalue weighted by atomic mass is 35.5. The van der Waals surface area contributed by atoms with Crippen LogP contribution in [0.4, 0.5) is 0 Å². The number of nitrogens with one attached hydrogen (secondary N) is 1. The number of hydrogen-bond donors (Lipinski definition) is 2. The molecule has 0 radical (unpaired) electrons. The minimum atomic E-state index is -2.93. The summed E-state index contributed by atoms with van der Waals surface area (Å²) < 4.78 is 23.0. The first-order valence-corrected chi connectivity index (χ1v) is 9.55. The quantitative estimate of drug-likeness (QED) is 0.810. The zero-order valence-electron chi connectivity index (χ0n) is 12.6. The summed E-state index contributed by atoms with van der Waals surface area (Å²) in [4.78, 5) is 12.0. The molecule has 0 bridgehead atoms. The van der Waals surface area contributed by atoms with E-state index in [2.05, 4.69) is 5.32 Å². The fourth-order valence-electron chi connectivity index (χ4n) is 3.48. The van der Waals surface area contributed by atoms with Crippen molar-refractivity contribution in [3.8, 4) is 0 Å². The van der Waals surface area contributed by atoms with Gasteiger partial charge in [0.15, 0.2) is 0 Å². The number of carbonyl (C=O) groups excluding carboxylic acids is 1. The number of hydrogen-bond acceptors (Lipinski definition) is 4. The second-order valence-electron chi connectivity index (χ2n) is 6.43. The van der Waals surface area contributed by atoms with Crippen molar-refractivity contribution >= 4 is 28.2 Å². The third kappa shape index (κ3) is 5.42. The molecular weight excluding hydrogens is 312 g/mol. The van der Waals surface area contributed by atoms with Crippen LogP contribution in [0.3, 0.4) is 0 Å². The number of sulfone groups is 1. The van der Waals surface area contributed by atoms with Crippen molar-refractivity contribution in [2.75, 3.05) is 6.26 Å². The van der Waals surface area contributed by atoms with E-state index in [4.69, 9.17) is 5.73 Å². The molecule has 5 nitrogen and oxygen atoms in total. The number of rotatable bonds is 4. The van der Waals surface area contributed by atoms with Crippen LogP contribution in [0.25, 0.3) is 0 Å². The lowest BCUT2D eigenvalue weighted by Gasteiger charge is -2.28. The molecule has 7 heteroatoms. The normalized spacial score (nSPS) is 33.2. The molecule has 0 heterocycles. The van der Waals surface area contributed by atoms with E-state index in [9.17, 15) is 13.2 Å². The van der Waals surface area contributed by atoms with Gasteiger partial charge in [0.05, 0.1) is 5.25 Å². The van der Waals surface area contributed by atoms with Gasteiger partial charge in [0.1, 0.15) is 9.84 Å². The summed E-state index contributed by atoms with van der Waals surface area (Å²) in [6, 6.07) is 0.305. The summed E-state index contributed by atoms with van der Waals surface area (Å²) in [7, 11) is -2.93. The van der Waals surface area contributed by atoms with E-state index in [1.165, 1.54) is 6.26 Å². The molecule has 3 N–H and O–H groups in total. The fraction of sp³-hybridized carbons (Fsp3) is 0.929. The van der Waals surface area contributed by atoms with E-state index in [1.807, 2.05) is 0 Å². The number of amides is 1. The molecule has 2 aliphatic carbocycles. The van der Waals surface area contributed by atoms with Crippen LogP contribution in [0.1, 0.15) is 51.4 Å². The first-order chi connectivity index (χ1) is 9.36.